The van der Waals surface area contributed by atoms with Gasteiger partial charge in [0.25, 0.3) is 5.91 Å². The summed E-state index contributed by atoms with van der Waals surface area (Å²) in [6.07, 6.45) is 3.30. The summed E-state index contributed by atoms with van der Waals surface area (Å²) < 4.78 is 4.87. The Kier molecular flexibility index (Phi) is 6.59. The third-order valence-corrected chi connectivity index (χ3v) is 5.33. The first-order valence-electron chi connectivity index (χ1n) is 11.3. The Morgan fingerprint density at radius 1 is 0.946 bits per heavy atom. The second-order valence-electron chi connectivity index (χ2n) is 8.06. The van der Waals surface area contributed by atoms with Crippen molar-refractivity contribution in [1.29, 1.82) is 5.26 Å². The first-order chi connectivity index (χ1) is 18.1. The van der Waals surface area contributed by atoms with Crippen LogP contribution >= 0.6 is 0 Å². The Labute approximate surface area is 212 Å². The number of hydrogen-bond acceptors (Lipinski definition) is 9. The topological polar surface area (TPSA) is 143 Å². The van der Waals surface area contributed by atoms with Gasteiger partial charge in [-0.05, 0) is 30.7 Å². The first kappa shape index (κ1) is 23.3. The van der Waals surface area contributed by atoms with Crippen molar-refractivity contribution in [3.63, 3.8) is 0 Å². The fourth-order valence-corrected chi connectivity index (χ4v) is 3.52. The van der Waals surface area contributed by atoms with E-state index in [-0.39, 0.29) is 17.4 Å². The van der Waals surface area contributed by atoms with E-state index in [1.165, 1.54) is 6.07 Å². The molecule has 37 heavy (non-hydrogen) atoms. The van der Waals surface area contributed by atoms with Crippen LogP contribution in [0.15, 0.2) is 83.6 Å². The summed E-state index contributed by atoms with van der Waals surface area (Å²) in [4.78, 5) is 30.3. The number of amides is 1. The minimum atomic E-state index is -0.300. The van der Waals surface area contributed by atoms with Gasteiger partial charge < -0.3 is 15.2 Å². The predicted molar refractivity (Wildman–Crippen MR) is 135 cm³/mol. The van der Waals surface area contributed by atoms with Gasteiger partial charge in [-0.1, -0.05) is 41.6 Å². The Balaban J connectivity index is 1.23. The number of nitriles is 1. The molecule has 5 aromatic rings. The molecule has 4 heterocycles. The molecule has 5 rings (SSSR count). The van der Waals surface area contributed by atoms with Crippen molar-refractivity contribution in [3.05, 3.63) is 102 Å². The Morgan fingerprint density at radius 3 is 2.51 bits per heavy atom. The van der Waals surface area contributed by atoms with Crippen LogP contribution in [0.2, 0.25) is 0 Å². The van der Waals surface area contributed by atoms with Gasteiger partial charge in [0.2, 0.25) is 5.76 Å². The number of anilines is 2. The van der Waals surface area contributed by atoms with Gasteiger partial charge >= 0.3 is 0 Å². The van der Waals surface area contributed by atoms with Crippen molar-refractivity contribution in [2.24, 2.45) is 0 Å². The van der Waals surface area contributed by atoms with Crippen LogP contribution in [0.4, 0.5) is 11.6 Å². The van der Waals surface area contributed by atoms with Crippen LogP contribution in [-0.2, 0) is 6.54 Å². The second-order valence-corrected chi connectivity index (χ2v) is 8.06. The molecule has 0 saturated heterocycles. The molecular formula is C27H20N8O2. The number of nitrogens with zero attached hydrogens (tertiary/aromatic N) is 6. The summed E-state index contributed by atoms with van der Waals surface area (Å²) in [6, 6.07) is 22.2. The molecule has 1 amide bonds. The Bertz CT molecular complexity index is 1570. The summed E-state index contributed by atoms with van der Waals surface area (Å²) in [5.41, 5.74) is 4.42. The first-order valence-corrected chi connectivity index (χ1v) is 11.3. The van der Waals surface area contributed by atoms with Gasteiger partial charge in [0, 0.05) is 47.9 Å². The predicted octanol–water partition coefficient (Wildman–Crippen LogP) is 4.44. The minimum Gasteiger partial charge on any atom is -0.347 e. The van der Waals surface area contributed by atoms with Gasteiger partial charge in [0.05, 0.1) is 5.69 Å². The van der Waals surface area contributed by atoms with E-state index in [1.807, 2.05) is 55.5 Å². The highest BCUT2D eigenvalue weighted by Crippen LogP contribution is 2.21. The zero-order chi connectivity index (χ0) is 25.6. The summed E-state index contributed by atoms with van der Waals surface area (Å²) in [5, 5.41) is 18.5. The molecule has 0 saturated carbocycles. The quantitative estimate of drug-likeness (QED) is 0.340. The highest BCUT2D eigenvalue weighted by Gasteiger charge is 2.11. The highest BCUT2D eigenvalue weighted by molar-refractivity contribution is 5.92. The van der Waals surface area contributed by atoms with Crippen molar-refractivity contribution in [1.82, 2.24) is 30.4 Å². The molecule has 0 fully saturated rings. The normalized spacial score (nSPS) is 10.5. The molecule has 4 aromatic heterocycles. The molecule has 0 bridgehead atoms. The van der Waals surface area contributed by atoms with E-state index >= 15 is 0 Å². The van der Waals surface area contributed by atoms with E-state index in [9.17, 15) is 4.79 Å². The van der Waals surface area contributed by atoms with Gasteiger partial charge in [-0.3, -0.25) is 14.8 Å². The molecule has 0 aliphatic carbocycles. The molecule has 180 valence electrons. The lowest BCUT2D eigenvalue weighted by molar-refractivity contribution is 0.0946. The molecule has 1 aromatic carbocycles. The van der Waals surface area contributed by atoms with Crippen LogP contribution in [-0.4, -0.2) is 31.0 Å². The van der Waals surface area contributed by atoms with Crippen molar-refractivity contribution in [3.8, 4) is 28.7 Å². The molecule has 0 unspecified atom stereocenters. The number of pyridine rings is 2. The molecule has 10 nitrogen and oxygen atoms in total. The molecule has 2 N–H and O–H groups in total. The number of carbonyl (C=O) groups is 1. The number of carbonyl (C=O) groups excluding carboxylic acids is 1. The van der Waals surface area contributed by atoms with E-state index in [1.54, 1.807) is 30.6 Å². The molecule has 0 atom stereocenters. The number of hydrogen-bond donors (Lipinski definition) is 2. The van der Waals surface area contributed by atoms with Gasteiger partial charge in [-0.15, -0.1) is 0 Å². The minimum absolute atomic E-state index is 0.0898. The summed E-state index contributed by atoms with van der Waals surface area (Å²) in [5.74, 6) is 1.05. The lowest BCUT2D eigenvalue weighted by Gasteiger charge is -2.08. The van der Waals surface area contributed by atoms with Crippen LogP contribution < -0.4 is 10.6 Å². The van der Waals surface area contributed by atoms with Gasteiger partial charge in [0.1, 0.15) is 17.6 Å². The summed E-state index contributed by atoms with van der Waals surface area (Å²) >= 11 is 0. The lowest BCUT2D eigenvalue weighted by atomic mass is 10.1. The molecule has 0 aliphatic rings. The molecular weight excluding hydrogens is 468 g/mol. The average molecular weight is 489 g/mol. The van der Waals surface area contributed by atoms with Crippen LogP contribution in [0.25, 0.3) is 22.6 Å². The third-order valence-electron chi connectivity index (χ3n) is 5.33. The Hall–Kier alpha value is -5.43. The smallest absolute Gasteiger partial charge is 0.270 e. The van der Waals surface area contributed by atoms with E-state index in [0.29, 0.717) is 35.3 Å². The van der Waals surface area contributed by atoms with E-state index in [2.05, 4.69) is 35.7 Å². The van der Waals surface area contributed by atoms with E-state index in [4.69, 9.17) is 9.78 Å². The lowest BCUT2D eigenvalue weighted by Crippen LogP contribution is -2.23. The van der Waals surface area contributed by atoms with Crippen molar-refractivity contribution < 1.29 is 9.32 Å². The van der Waals surface area contributed by atoms with Gasteiger partial charge in [-0.2, -0.15) is 5.26 Å². The Morgan fingerprint density at radius 2 is 1.81 bits per heavy atom. The zero-order valence-corrected chi connectivity index (χ0v) is 19.7. The maximum absolute atomic E-state index is 12.6. The number of aromatic nitrogens is 5. The van der Waals surface area contributed by atoms with Crippen molar-refractivity contribution in [2.75, 3.05) is 5.32 Å². The second kappa shape index (κ2) is 10.5. The van der Waals surface area contributed by atoms with Crippen molar-refractivity contribution >= 4 is 17.5 Å². The van der Waals surface area contributed by atoms with Crippen LogP contribution in [0, 0.1) is 18.3 Å². The highest BCUT2D eigenvalue weighted by atomic mass is 16.5. The number of nitrogens with one attached hydrogen (secondary N) is 2. The largest absolute Gasteiger partial charge is 0.347 e. The van der Waals surface area contributed by atoms with E-state index < -0.39 is 0 Å². The summed E-state index contributed by atoms with van der Waals surface area (Å²) in [7, 11) is 0. The fourth-order valence-electron chi connectivity index (χ4n) is 3.52. The maximum Gasteiger partial charge on any atom is 0.270 e. The monoisotopic (exact) mass is 488 g/mol. The van der Waals surface area contributed by atoms with Gasteiger partial charge in [0.15, 0.2) is 11.6 Å². The van der Waals surface area contributed by atoms with E-state index in [0.717, 1.165) is 16.8 Å². The SMILES string of the molecule is Cc1cc(Nc2cc(C#N)on2)nc(-c2ccc(C(=O)NCc3ccc(-c4ccccc4)nc3)nc2)n1. The van der Waals surface area contributed by atoms with Crippen LogP contribution in [0.5, 0.6) is 0 Å². The molecule has 0 aliphatic heterocycles. The van der Waals surface area contributed by atoms with Crippen LogP contribution in [0.1, 0.15) is 27.5 Å². The third kappa shape index (κ3) is 5.63. The average Bonchev–Trinajstić information content (AvgIpc) is 3.40. The van der Waals surface area contributed by atoms with Crippen LogP contribution in [0.3, 0.4) is 0 Å². The number of aryl methyl sites for hydroxylation is 1. The summed E-state index contributed by atoms with van der Waals surface area (Å²) in [6.45, 7) is 2.16. The zero-order valence-electron chi connectivity index (χ0n) is 19.7. The number of rotatable bonds is 7. The number of benzene rings is 1. The molecule has 10 heteroatoms. The molecule has 0 spiro atoms. The standard InChI is InChI=1S/C27H20N8O2/c1-17-11-24(33-25-12-21(13-28)37-35-25)34-26(32-17)20-8-10-23(30-16-20)27(36)31-15-18-7-9-22(29-14-18)19-5-3-2-4-6-19/h2-12,14,16H,15H2,1H3,(H,31,36)(H,32,33,34,35). The molecule has 0 radical (unpaired) electrons. The van der Waals surface area contributed by atoms with Crippen molar-refractivity contribution in [2.45, 2.75) is 13.5 Å². The van der Waals surface area contributed by atoms with Gasteiger partial charge in [-0.25, -0.2) is 9.97 Å². The maximum atomic E-state index is 12.6. The fraction of sp³-hybridized carbons (Fsp3) is 0.0741.